The van der Waals surface area contributed by atoms with E-state index in [4.69, 9.17) is 4.74 Å². The van der Waals surface area contributed by atoms with Gasteiger partial charge in [-0.2, -0.15) is 0 Å². The zero-order valence-electron chi connectivity index (χ0n) is 16.3. The molecule has 0 fully saturated rings. The number of nitrogens with one attached hydrogen (secondary N) is 1. The van der Waals surface area contributed by atoms with E-state index in [0.717, 1.165) is 5.56 Å². The first-order valence-electron chi connectivity index (χ1n) is 9.23. The number of aromatic nitrogens is 2. The van der Waals surface area contributed by atoms with Crippen molar-refractivity contribution in [2.24, 2.45) is 0 Å². The van der Waals surface area contributed by atoms with Crippen molar-refractivity contribution in [3.63, 3.8) is 0 Å². The number of benzene rings is 2. The summed E-state index contributed by atoms with van der Waals surface area (Å²) >= 11 is 0. The number of esters is 1. The van der Waals surface area contributed by atoms with E-state index in [1.54, 1.807) is 31.2 Å². The number of carbonyl (C=O) groups excluding carboxylic acids is 2. The summed E-state index contributed by atoms with van der Waals surface area (Å²) < 4.78 is 5.03. The van der Waals surface area contributed by atoms with Crippen LogP contribution in [0.2, 0.25) is 0 Å². The number of hydrogen-bond acceptors (Lipinski definition) is 6. The molecule has 29 heavy (non-hydrogen) atoms. The molecule has 1 N–H and O–H groups in total. The monoisotopic (exact) mass is 390 g/mol. The average Bonchev–Trinajstić information content (AvgIpc) is 2.75. The van der Waals surface area contributed by atoms with Crippen LogP contribution in [0, 0.1) is 0 Å². The van der Waals surface area contributed by atoms with E-state index in [-0.39, 0.29) is 6.61 Å². The summed E-state index contributed by atoms with van der Waals surface area (Å²) in [5.41, 5.74) is 2.10. The SMILES string of the molecule is CCOC(=O)c1ccccc1NC(=O)c1cnc(N(C)Cc2ccccc2)nc1. The van der Waals surface area contributed by atoms with Crippen LogP contribution >= 0.6 is 0 Å². The minimum absolute atomic E-state index is 0.257. The van der Waals surface area contributed by atoms with Crippen molar-refractivity contribution < 1.29 is 14.3 Å². The van der Waals surface area contributed by atoms with Crippen molar-refractivity contribution in [3.8, 4) is 0 Å². The highest BCUT2D eigenvalue weighted by molar-refractivity contribution is 6.07. The smallest absolute Gasteiger partial charge is 0.340 e. The standard InChI is InChI=1S/C22H22N4O3/c1-3-29-21(28)18-11-7-8-12-19(18)25-20(27)17-13-23-22(24-14-17)26(2)15-16-9-5-4-6-10-16/h4-14H,3,15H2,1-2H3,(H,25,27). The second kappa shape index (κ2) is 9.45. The van der Waals surface area contributed by atoms with Gasteiger partial charge in [0.1, 0.15) is 0 Å². The predicted molar refractivity (Wildman–Crippen MR) is 111 cm³/mol. The van der Waals surface area contributed by atoms with Gasteiger partial charge in [-0.3, -0.25) is 4.79 Å². The molecule has 3 rings (SSSR count). The molecule has 148 valence electrons. The first-order valence-corrected chi connectivity index (χ1v) is 9.23. The minimum Gasteiger partial charge on any atom is -0.462 e. The molecule has 0 atom stereocenters. The lowest BCUT2D eigenvalue weighted by molar-refractivity contribution is 0.0527. The van der Waals surface area contributed by atoms with Crippen LogP contribution < -0.4 is 10.2 Å². The third kappa shape index (κ3) is 5.16. The summed E-state index contributed by atoms with van der Waals surface area (Å²) in [6.45, 7) is 2.64. The van der Waals surface area contributed by atoms with Crippen LogP contribution in [-0.4, -0.2) is 35.5 Å². The molecule has 0 aliphatic rings. The van der Waals surface area contributed by atoms with E-state index in [9.17, 15) is 9.59 Å². The molecule has 0 radical (unpaired) electrons. The molecule has 0 aliphatic carbocycles. The minimum atomic E-state index is -0.488. The molecule has 0 saturated heterocycles. The highest BCUT2D eigenvalue weighted by Crippen LogP contribution is 2.18. The zero-order valence-corrected chi connectivity index (χ0v) is 16.3. The molecule has 0 saturated carbocycles. The molecular weight excluding hydrogens is 368 g/mol. The number of rotatable bonds is 7. The molecule has 1 amide bonds. The van der Waals surface area contributed by atoms with Gasteiger partial charge in [-0.15, -0.1) is 0 Å². The van der Waals surface area contributed by atoms with Crippen LogP contribution in [0.4, 0.5) is 11.6 Å². The summed E-state index contributed by atoms with van der Waals surface area (Å²) in [7, 11) is 1.89. The van der Waals surface area contributed by atoms with E-state index in [0.29, 0.717) is 29.3 Å². The molecule has 7 heteroatoms. The lowest BCUT2D eigenvalue weighted by Gasteiger charge is -2.17. The Bertz CT molecular complexity index is 975. The molecule has 2 aromatic carbocycles. The Morgan fingerprint density at radius 1 is 1.00 bits per heavy atom. The lowest BCUT2D eigenvalue weighted by atomic mass is 10.1. The quantitative estimate of drug-likeness (QED) is 0.621. The Labute approximate surface area is 169 Å². The Kier molecular flexibility index (Phi) is 6.52. The van der Waals surface area contributed by atoms with Crippen LogP contribution in [0.25, 0.3) is 0 Å². The first kappa shape index (κ1) is 20.0. The topological polar surface area (TPSA) is 84.4 Å². The molecule has 0 bridgehead atoms. The fraction of sp³-hybridized carbons (Fsp3) is 0.182. The van der Waals surface area contributed by atoms with Crippen LogP contribution in [-0.2, 0) is 11.3 Å². The third-order valence-electron chi connectivity index (χ3n) is 4.18. The number of carbonyl (C=O) groups is 2. The lowest BCUT2D eigenvalue weighted by Crippen LogP contribution is -2.20. The summed E-state index contributed by atoms with van der Waals surface area (Å²) in [6, 6.07) is 16.7. The van der Waals surface area contributed by atoms with E-state index in [2.05, 4.69) is 15.3 Å². The second-order valence-corrected chi connectivity index (χ2v) is 6.33. The number of ether oxygens (including phenoxy) is 1. The number of nitrogens with zero attached hydrogens (tertiary/aromatic N) is 3. The fourth-order valence-corrected chi connectivity index (χ4v) is 2.74. The molecule has 3 aromatic rings. The summed E-state index contributed by atoms with van der Waals surface area (Å²) in [4.78, 5) is 35.1. The van der Waals surface area contributed by atoms with Crippen molar-refractivity contribution in [2.45, 2.75) is 13.5 Å². The normalized spacial score (nSPS) is 10.3. The van der Waals surface area contributed by atoms with Gasteiger partial charge in [0.2, 0.25) is 5.95 Å². The van der Waals surface area contributed by atoms with E-state index < -0.39 is 11.9 Å². The van der Waals surface area contributed by atoms with Crippen molar-refractivity contribution >= 4 is 23.5 Å². The zero-order chi connectivity index (χ0) is 20.6. The molecule has 1 heterocycles. The molecule has 1 aromatic heterocycles. The number of para-hydroxylation sites is 1. The van der Waals surface area contributed by atoms with Gasteiger partial charge in [-0.05, 0) is 24.6 Å². The van der Waals surface area contributed by atoms with Crippen molar-refractivity contribution in [2.75, 3.05) is 23.9 Å². The highest BCUT2D eigenvalue weighted by Gasteiger charge is 2.16. The van der Waals surface area contributed by atoms with E-state index in [1.807, 2.05) is 42.3 Å². The van der Waals surface area contributed by atoms with Gasteiger partial charge in [-0.1, -0.05) is 42.5 Å². The summed E-state index contributed by atoms with van der Waals surface area (Å²) in [5, 5.41) is 2.72. The first-order chi connectivity index (χ1) is 14.1. The van der Waals surface area contributed by atoms with Gasteiger partial charge in [0.05, 0.1) is 23.4 Å². The van der Waals surface area contributed by atoms with Gasteiger partial charge in [-0.25, -0.2) is 14.8 Å². The van der Waals surface area contributed by atoms with Crippen molar-refractivity contribution in [1.82, 2.24) is 9.97 Å². The maximum atomic E-state index is 12.6. The van der Waals surface area contributed by atoms with Gasteiger partial charge in [0.25, 0.3) is 5.91 Å². The Balaban J connectivity index is 1.69. The van der Waals surface area contributed by atoms with Crippen LogP contribution in [0.5, 0.6) is 0 Å². The van der Waals surface area contributed by atoms with Gasteiger partial charge >= 0.3 is 5.97 Å². The number of anilines is 2. The average molecular weight is 390 g/mol. The fourth-order valence-electron chi connectivity index (χ4n) is 2.74. The van der Waals surface area contributed by atoms with Crippen molar-refractivity contribution in [1.29, 1.82) is 0 Å². The Morgan fingerprint density at radius 3 is 2.34 bits per heavy atom. The van der Waals surface area contributed by atoms with Crippen LogP contribution in [0.15, 0.2) is 67.0 Å². The van der Waals surface area contributed by atoms with E-state index in [1.165, 1.54) is 12.4 Å². The third-order valence-corrected chi connectivity index (χ3v) is 4.18. The molecule has 0 unspecified atom stereocenters. The Hall–Kier alpha value is -3.74. The van der Waals surface area contributed by atoms with Gasteiger partial charge < -0.3 is 15.0 Å². The highest BCUT2D eigenvalue weighted by atomic mass is 16.5. The van der Waals surface area contributed by atoms with Crippen LogP contribution in [0.3, 0.4) is 0 Å². The predicted octanol–water partition coefficient (Wildman–Crippen LogP) is 3.54. The maximum Gasteiger partial charge on any atom is 0.340 e. The van der Waals surface area contributed by atoms with Crippen LogP contribution in [0.1, 0.15) is 33.2 Å². The summed E-state index contributed by atoms with van der Waals surface area (Å²) in [5.74, 6) is -0.381. The maximum absolute atomic E-state index is 12.6. The largest absolute Gasteiger partial charge is 0.462 e. The molecular formula is C22H22N4O3. The van der Waals surface area contributed by atoms with Gasteiger partial charge in [0, 0.05) is 26.0 Å². The van der Waals surface area contributed by atoms with E-state index >= 15 is 0 Å². The Morgan fingerprint density at radius 2 is 1.66 bits per heavy atom. The summed E-state index contributed by atoms with van der Waals surface area (Å²) in [6.07, 6.45) is 2.93. The number of hydrogen-bond donors (Lipinski definition) is 1. The molecule has 0 aliphatic heterocycles. The van der Waals surface area contributed by atoms with Crippen molar-refractivity contribution in [3.05, 3.63) is 83.7 Å². The number of amides is 1. The van der Waals surface area contributed by atoms with Gasteiger partial charge in [0.15, 0.2) is 0 Å². The molecule has 0 spiro atoms. The molecule has 7 nitrogen and oxygen atoms in total. The second-order valence-electron chi connectivity index (χ2n) is 6.33.